The van der Waals surface area contributed by atoms with Crippen LogP contribution in [0.5, 0.6) is 11.5 Å². The normalized spacial score (nSPS) is 10.5. The van der Waals surface area contributed by atoms with Crippen LogP contribution < -0.4 is 14.8 Å². The zero-order valence-electron chi connectivity index (χ0n) is 12.7. The molecule has 1 N–H and O–H groups in total. The van der Waals surface area contributed by atoms with E-state index < -0.39 is 0 Å². The fourth-order valence-corrected chi connectivity index (χ4v) is 2.18. The number of anilines is 1. The van der Waals surface area contributed by atoms with Crippen molar-refractivity contribution in [3.63, 3.8) is 0 Å². The van der Waals surface area contributed by atoms with Gasteiger partial charge in [-0.25, -0.2) is 4.98 Å². The van der Waals surface area contributed by atoms with Crippen LogP contribution in [0.1, 0.15) is 20.3 Å². The van der Waals surface area contributed by atoms with Gasteiger partial charge < -0.3 is 9.47 Å². The molecule has 0 atom stereocenters. The fraction of sp³-hybridized carbons (Fsp3) is 0.375. The highest BCUT2D eigenvalue weighted by Gasteiger charge is 2.05. The molecule has 0 aliphatic carbocycles. The highest BCUT2D eigenvalue weighted by atomic mass is 32.1. The second-order valence-electron chi connectivity index (χ2n) is 5.18. The molecule has 0 fully saturated rings. The third-order valence-electron chi connectivity index (χ3n) is 2.84. The molecule has 0 aliphatic rings. The molecule has 0 spiro atoms. The van der Waals surface area contributed by atoms with Gasteiger partial charge in [-0.15, -0.1) is 11.3 Å². The monoisotopic (exact) mass is 320 g/mol. The molecule has 1 aromatic heterocycles. The highest BCUT2D eigenvalue weighted by molar-refractivity contribution is 7.13. The zero-order valence-corrected chi connectivity index (χ0v) is 13.6. The van der Waals surface area contributed by atoms with E-state index in [0.29, 0.717) is 23.4 Å². The van der Waals surface area contributed by atoms with Crippen LogP contribution in [0.4, 0.5) is 5.13 Å². The Morgan fingerprint density at radius 1 is 1.23 bits per heavy atom. The van der Waals surface area contributed by atoms with Crippen molar-refractivity contribution in [3.8, 4) is 11.5 Å². The Hall–Kier alpha value is -2.08. The van der Waals surface area contributed by atoms with E-state index in [2.05, 4.69) is 24.1 Å². The predicted molar refractivity (Wildman–Crippen MR) is 87.6 cm³/mol. The van der Waals surface area contributed by atoms with E-state index in [4.69, 9.17) is 9.47 Å². The van der Waals surface area contributed by atoms with Crippen LogP contribution >= 0.6 is 11.3 Å². The third-order valence-corrected chi connectivity index (χ3v) is 3.52. The van der Waals surface area contributed by atoms with E-state index in [1.54, 1.807) is 23.7 Å². The summed E-state index contributed by atoms with van der Waals surface area (Å²) in [5, 5.41) is 5.03. The molecule has 1 heterocycles. The minimum atomic E-state index is -0.229. The van der Waals surface area contributed by atoms with Crippen LogP contribution in [0.3, 0.4) is 0 Å². The highest BCUT2D eigenvalue weighted by Crippen LogP contribution is 2.18. The standard InChI is InChI=1S/C16H20N2O3S/c1-12(2)7-9-20-13-3-5-14(6-4-13)21-11-15(19)18-16-17-8-10-22-16/h3-6,8,10,12H,7,9,11H2,1-2H3,(H,17,18,19). The molecule has 118 valence electrons. The fourth-order valence-electron chi connectivity index (χ4n) is 1.63. The average Bonchev–Trinajstić information content (AvgIpc) is 2.99. The van der Waals surface area contributed by atoms with Gasteiger partial charge in [-0.2, -0.15) is 0 Å². The van der Waals surface area contributed by atoms with Crippen molar-refractivity contribution >= 4 is 22.4 Å². The second kappa shape index (κ2) is 8.38. The lowest BCUT2D eigenvalue weighted by atomic mass is 10.1. The molecule has 0 bridgehead atoms. The van der Waals surface area contributed by atoms with E-state index in [1.807, 2.05) is 12.1 Å². The Kier molecular flexibility index (Phi) is 6.21. The van der Waals surface area contributed by atoms with Crippen LogP contribution in [-0.4, -0.2) is 24.1 Å². The summed E-state index contributed by atoms with van der Waals surface area (Å²) in [6.45, 7) is 4.98. The molecule has 6 heteroatoms. The Morgan fingerprint density at radius 3 is 2.50 bits per heavy atom. The molecule has 22 heavy (non-hydrogen) atoms. The van der Waals surface area contributed by atoms with Crippen molar-refractivity contribution in [1.29, 1.82) is 0 Å². The molecule has 0 saturated heterocycles. The summed E-state index contributed by atoms with van der Waals surface area (Å²) in [5.41, 5.74) is 0. The van der Waals surface area contributed by atoms with Gasteiger partial charge in [0.05, 0.1) is 6.61 Å². The SMILES string of the molecule is CC(C)CCOc1ccc(OCC(=O)Nc2nccs2)cc1. The maximum Gasteiger partial charge on any atom is 0.264 e. The number of carbonyl (C=O) groups excluding carboxylic acids is 1. The van der Waals surface area contributed by atoms with Crippen LogP contribution in [0.25, 0.3) is 0 Å². The smallest absolute Gasteiger partial charge is 0.264 e. The summed E-state index contributed by atoms with van der Waals surface area (Å²) < 4.78 is 11.0. The Morgan fingerprint density at radius 2 is 1.91 bits per heavy atom. The van der Waals surface area contributed by atoms with E-state index in [9.17, 15) is 4.79 Å². The number of hydrogen-bond donors (Lipinski definition) is 1. The molecule has 2 rings (SSSR count). The van der Waals surface area contributed by atoms with Crippen LogP contribution in [-0.2, 0) is 4.79 Å². The van der Waals surface area contributed by atoms with Crippen molar-refractivity contribution in [1.82, 2.24) is 4.98 Å². The van der Waals surface area contributed by atoms with Gasteiger partial charge in [0, 0.05) is 11.6 Å². The molecule has 5 nitrogen and oxygen atoms in total. The Balaban J connectivity index is 1.72. The summed E-state index contributed by atoms with van der Waals surface area (Å²) in [5.74, 6) is 1.83. The van der Waals surface area contributed by atoms with E-state index >= 15 is 0 Å². The van der Waals surface area contributed by atoms with E-state index in [0.717, 1.165) is 12.2 Å². The number of nitrogens with zero attached hydrogens (tertiary/aromatic N) is 1. The van der Waals surface area contributed by atoms with E-state index in [1.165, 1.54) is 11.3 Å². The van der Waals surface area contributed by atoms with Crippen molar-refractivity contribution in [2.45, 2.75) is 20.3 Å². The topological polar surface area (TPSA) is 60.5 Å². The predicted octanol–water partition coefficient (Wildman–Crippen LogP) is 3.59. The molecule has 0 radical (unpaired) electrons. The summed E-state index contributed by atoms with van der Waals surface area (Å²) in [7, 11) is 0. The van der Waals surface area contributed by atoms with Gasteiger partial charge in [-0.3, -0.25) is 10.1 Å². The Labute approximate surface area is 134 Å². The maximum atomic E-state index is 11.7. The van der Waals surface area contributed by atoms with Crippen LogP contribution in [0.2, 0.25) is 0 Å². The average molecular weight is 320 g/mol. The first-order valence-corrected chi connectivity index (χ1v) is 8.06. The van der Waals surface area contributed by atoms with Gasteiger partial charge in [0.25, 0.3) is 5.91 Å². The van der Waals surface area contributed by atoms with Crippen molar-refractivity contribution < 1.29 is 14.3 Å². The first-order valence-electron chi connectivity index (χ1n) is 7.18. The number of rotatable bonds is 8. The van der Waals surface area contributed by atoms with Crippen molar-refractivity contribution in [3.05, 3.63) is 35.8 Å². The van der Waals surface area contributed by atoms with Crippen LogP contribution in [0, 0.1) is 5.92 Å². The maximum absolute atomic E-state index is 11.7. The molecule has 0 aliphatic heterocycles. The van der Waals surface area contributed by atoms with Gasteiger partial charge in [-0.05, 0) is 36.6 Å². The second-order valence-corrected chi connectivity index (χ2v) is 6.07. The summed E-state index contributed by atoms with van der Waals surface area (Å²) in [6, 6.07) is 7.27. The largest absolute Gasteiger partial charge is 0.494 e. The Bertz CT molecular complexity index is 568. The number of aromatic nitrogens is 1. The van der Waals surface area contributed by atoms with Gasteiger partial charge in [0.15, 0.2) is 11.7 Å². The lowest BCUT2D eigenvalue weighted by Gasteiger charge is -2.09. The molecule has 1 aromatic carbocycles. The van der Waals surface area contributed by atoms with Gasteiger partial charge in [0.1, 0.15) is 11.5 Å². The van der Waals surface area contributed by atoms with Crippen molar-refractivity contribution in [2.75, 3.05) is 18.5 Å². The number of thiazole rings is 1. The quantitative estimate of drug-likeness (QED) is 0.807. The molecule has 0 saturated carbocycles. The molecule has 2 aromatic rings. The van der Waals surface area contributed by atoms with E-state index in [-0.39, 0.29) is 12.5 Å². The molecule has 0 unspecified atom stereocenters. The lowest BCUT2D eigenvalue weighted by molar-refractivity contribution is -0.118. The summed E-state index contributed by atoms with van der Waals surface area (Å²) in [4.78, 5) is 15.6. The molecular weight excluding hydrogens is 300 g/mol. The lowest BCUT2D eigenvalue weighted by Crippen LogP contribution is -2.19. The number of nitrogens with one attached hydrogen (secondary N) is 1. The number of benzene rings is 1. The third kappa shape index (κ3) is 5.73. The first-order chi connectivity index (χ1) is 10.6. The first kappa shape index (κ1) is 16.3. The number of ether oxygens (including phenoxy) is 2. The van der Waals surface area contributed by atoms with Crippen molar-refractivity contribution in [2.24, 2.45) is 5.92 Å². The van der Waals surface area contributed by atoms with Gasteiger partial charge in [-0.1, -0.05) is 13.8 Å². The minimum absolute atomic E-state index is 0.0485. The zero-order chi connectivity index (χ0) is 15.8. The minimum Gasteiger partial charge on any atom is -0.494 e. The van der Waals surface area contributed by atoms with Gasteiger partial charge >= 0.3 is 0 Å². The van der Waals surface area contributed by atoms with Crippen LogP contribution in [0.15, 0.2) is 35.8 Å². The molecule has 1 amide bonds. The number of carbonyl (C=O) groups is 1. The number of amides is 1. The summed E-state index contributed by atoms with van der Waals surface area (Å²) in [6.07, 6.45) is 2.66. The number of hydrogen-bond acceptors (Lipinski definition) is 5. The molecular formula is C16H20N2O3S. The summed E-state index contributed by atoms with van der Waals surface area (Å²) >= 11 is 1.37. The van der Waals surface area contributed by atoms with Gasteiger partial charge in [0.2, 0.25) is 0 Å².